The quantitative estimate of drug-likeness (QED) is 0.0400. The van der Waals surface area contributed by atoms with E-state index >= 15 is 0 Å². The number of nitrogens with one attached hydrogen (secondary N) is 9. The number of nitrogens with two attached hydrogens (primary N) is 1. The van der Waals surface area contributed by atoms with Crippen molar-refractivity contribution in [2.75, 3.05) is 13.2 Å². The molecule has 1 rings (SSSR count). The third-order valence-electron chi connectivity index (χ3n) is 10.2. The molecule has 0 aliphatic rings. The lowest BCUT2D eigenvalue weighted by atomic mass is 9.99. The van der Waals surface area contributed by atoms with Gasteiger partial charge in [-0.25, -0.2) is 9.78 Å². The van der Waals surface area contributed by atoms with E-state index in [9.17, 15) is 58.5 Å². The second kappa shape index (κ2) is 29.2. The van der Waals surface area contributed by atoms with Gasteiger partial charge in [-0.3, -0.25) is 38.4 Å². The van der Waals surface area contributed by atoms with Crippen LogP contribution in [0.15, 0.2) is 12.5 Å². The van der Waals surface area contributed by atoms with Crippen LogP contribution in [-0.2, 0) is 49.6 Å². The first-order valence-electron chi connectivity index (χ1n) is 22.8. The van der Waals surface area contributed by atoms with Gasteiger partial charge in [0.15, 0.2) is 0 Å². The standard InChI is InChI=1S/C44H77N11O12/c1-21(2)12-28(37(59)51-31(16-27-17-46-20-47-27)39(61)49-29(13-22(3)4)38(60)52-32(44(66)67)15-24(7)8)50-41(63)33(18-56)53-42(64)34(19-57)54-43(65)35(25(9)10)55-40(62)30(14-23(5)6)48-36(58)26(11)45/h17,20-26,28-35,56-57H,12-16,18-19,45H2,1-11H3,(H,46,47)(H,48,58)(H,49,61)(H,50,63)(H,51,59)(H,52,60)(H,53,64)(H,54,65)(H,55,62)(H,66,67)/t26-,28-,29-,30-,31-,32-,33-,34-,35-/m0/s1. The van der Waals surface area contributed by atoms with Gasteiger partial charge in [0.1, 0.15) is 48.3 Å². The number of amides is 8. The number of carbonyl (C=O) groups excluding carboxylic acids is 8. The van der Waals surface area contributed by atoms with Crippen LogP contribution in [0.3, 0.4) is 0 Å². The number of rotatable bonds is 30. The van der Waals surface area contributed by atoms with Crippen molar-refractivity contribution in [2.24, 2.45) is 35.3 Å². The van der Waals surface area contributed by atoms with Crippen LogP contribution in [0.4, 0.5) is 0 Å². The van der Waals surface area contributed by atoms with Crippen LogP contribution in [0.1, 0.15) is 108 Å². The summed E-state index contributed by atoms with van der Waals surface area (Å²) in [6.07, 6.45) is 3.14. The number of aliphatic carboxylic acids is 1. The molecule has 0 aliphatic carbocycles. The highest BCUT2D eigenvalue weighted by atomic mass is 16.4. The number of imidazole rings is 1. The van der Waals surface area contributed by atoms with E-state index in [1.165, 1.54) is 19.4 Å². The Hall–Kier alpha value is -5.68. The Morgan fingerprint density at radius 2 is 0.821 bits per heavy atom. The Labute approximate surface area is 392 Å². The Bertz CT molecular complexity index is 1790. The predicted octanol–water partition coefficient (Wildman–Crippen LogP) is -1.91. The van der Waals surface area contributed by atoms with Crippen LogP contribution in [-0.4, -0.2) is 146 Å². The summed E-state index contributed by atoms with van der Waals surface area (Å²) in [5.41, 5.74) is 6.09. The molecule has 0 saturated heterocycles. The summed E-state index contributed by atoms with van der Waals surface area (Å²) in [5.74, 6) is -8.87. The molecule has 0 bridgehead atoms. The molecule has 0 fully saturated rings. The van der Waals surface area contributed by atoms with Gasteiger partial charge in [-0.15, -0.1) is 0 Å². The molecule has 380 valence electrons. The van der Waals surface area contributed by atoms with Crippen molar-refractivity contribution < 1.29 is 58.5 Å². The second-order valence-corrected chi connectivity index (χ2v) is 18.9. The lowest BCUT2D eigenvalue weighted by Gasteiger charge is -2.29. The highest BCUT2D eigenvalue weighted by Gasteiger charge is 2.36. The molecule has 1 aromatic heterocycles. The van der Waals surface area contributed by atoms with Crippen molar-refractivity contribution in [3.05, 3.63) is 18.2 Å². The Kier molecular flexibility index (Phi) is 25.8. The topological polar surface area (TPSA) is 365 Å². The molecule has 0 saturated carbocycles. The van der Waals surface area contributed by atoms with Gasteiger partial charge in [0.05, 0.1) is 25.6 Å². The zero-order chi connectivity index (χ0) is 51.3. The molecule has 9 atom stereocenters. The molecule has 1 heterocycles. The summed E-state index contributed by atoms with van der Waals surface area (Å²) in [7, 11) is 0. The molecule has 0 unspecified atom stereocenters. The lowest BCUT2D eigenvalue weighted by molar-refractivity contribution is -0.143. The number of carbonyl (C=O) groups is 9. The van der Waals surface area contributed by atoms with Crippen LogP contribution in [0, 0.1) is 29.6 Å². The van der Waals surface area contributed by atoms with Gasteiger partial charge in [-0.05, 0) is 62.2 Å². The number of H-pyrrole nitrogens is 1. The van der Waals surface area contributed by atoms with Crippen LogP contribution in [0.5, 0.6) is 0 Å². The van der Waals surface area contributed by atoms with E-state index in [-0.39, 0.29) is 55.8 Å². The minimum atomic E-state index is -1.71. The van der Waals surface area contributed by atoms with Crippen molar-refractivity contribution in [1.82, 2.24) is 52.5 Å². The van der Waals surface area contributed by atoms with Crippen molar-refractivity contribution in [1.29, 1.82) is 0 Å². The number of hydrogen-bond donors (Lipinski definition) is 13. The first-order chi connectivity index (χ1) is 31.2. The normalized spacial score (nSPS) is 15.6. The fourth-order valence-electron chi connectivity index (χ4n) is 6.73. The maximum atomic E-state index is 14.0. The third-order valence-corrected chi connectivity index (χ3v) is 10.2. The average molecular weight is 952 g/mol. The molecular formula is C44H77N11O12. The SMILES string of the molecule is CC(C)C[C@H](NC(=O)[C@H](CC(C)C)NC(=O)[C@H](Cc1cnc[nH]1)NC(=O)[C@H](CC(C)C)NC(=O)[C@H](CO)NC(=O)[C@H](CO)NC(=O)[C@@H](NC(=O)[C@H](CC(C)C)NC(=O)[C@H](C)N)C(C)C)C(=O)O. The first-order valence-corrected chi connectivity index (χ1v) is 22.8. The van der Waals surface area contributed by atoms with E-state index in [0.717, 1.165) is 0 Å². The fraction of sp³-hybridized carbons (Fsp3) is 0.727. The highest BCUT2D eigenvalue weighted by Crippen LogP contribution is 2.13. The molecule has 8 amide bonds. The molecule has 14 N–H and O–H groups in total. The van der Waals surface area contributed by atoms with E-state index < -0.39 is 127 Å². The number of aromatic amines is 1. The molecule has 67 heavy (non-hydrogen) atoms. The number of carboxylic acid groups (broad SMARTS) is 1. The lowest BCUT2D eigenvalue weighted by Crippen LogP contribution is -2.62. The van der Waals surface area contributed by atoms with Gasteiger partial charge in [0, 0.05) is 18.3 Å². The molecule has 1 aromatic rings. The van der Waals surface area contributed by atoms with E-state index in [4.69, 9.17) is 5.73 Å². The second-order valence-electron chi connectivity index (χ2n) is 18.9. The number of aromatic nitrogens is 2. The van der Waals surface area contributed by atoms with E-state index in [0.29, 0.717) is 5.69 Å². The molecule has 23 nitrogen and oxygen atoms in total. The first kappa shape index (κ1) is 59.3. The van der Waals surface area contributed by atoms with E-state index in [1.807, 2.05) is 27.7 Å². The van der Waals surface area contributed by atoms with Crippen molar-refractivity contribution in [3.8, 4) is 0 Å². The maximum Gasteiger partial charge on any atom is 0.326 e. The van der Waals surface area contributed by atoms with Crippen LogP contribution in [0.25, 0.3) is 0 Å². The number of nitrogens with zero attached hydrogens (tertiary/aromatic N) is 1. The summed E-state index contributed by atoms with van der Waals surface area (Å²) in [6.45, 7) is 17.1. The average Bonchev–Trinajstić information content (AvgIpc) is 3.74. The number of carboxylic acids is 1. The summed E-state index contributed by atoms with van der Waals surface area (Å²) >= 11 is 0. The van der Waals surface area contributed by atoms with Crippen LogP contribution >= 0.6 is 0 Å². The minimum Gasteiger partial charge on any atom is -0.480 e. The minimum absolute atomic E-state index is 0.0114. The fourth-order valence-corrected chi connectivity index (χ4v) is 6.73. The molecule has 0 radical (unpaired) electrons. The van der Waals surface area contributed by atoms with Gasteiger partial charge in [0.2, 0.25) is 47.3 Å². The van der Waals surface area contributed by atoms with Crippen molar-refractivity contribution in [3.63, 3.8) is 0 Å². The smallest absolute Gasteiger partial charge is 0.326 e. The van der Waals surface area contributed by atoms with Gasteiger partial charge < -0.3 is 68.6 Å². The monoisotopic (exact) mass is 952 g/mol. The predicted molar refractivity (Wildman–Crippen MR) is 246 cm³/mol. The molecule has 0 aliphatic heterocycles. The molecule has 0 aromatic carbocycles. The number of hydrogen-bond acceptors (Lipinski definition) is 13. The zero-order valence-corrected chi connectivity index (χ0v) is 40.7. The largest absolute Gasteiger partial charge is 0.480 e. The third kappa shape index (κ3) is 21.7. The molecular weight excluding hydrogens is 875 g/mol. The Balaban J connectivity index is 3.29. The zero-order valence-electron chi connectivity index (χ0n) is 40.7. The molecule has 23 heteroatoms. The van der Waals surface area contributed by atoms with Crippen molar-refractivity contribution >= 4 is 53.2 Å². The summed E-state index contributed by atoms with van der Waals surface area (Å²) in [4.78, 5) is 126. The van der Waals surface area contributed by atoms with Gasteiger partial charge in [-0.2, -0.15) is 0 Å². The molecule has 0 spiro atoms. The van der Waals surface area contributed by atoms with E-state index in [1.54, 1.807) is 41.5 Å². The summed E-state index contributed by atoms with van der Waals surface area (Å²) in [5, 5.41) is 50.2. The maximum absolute atomic E-state index is 14.0. The van der Waals surface area contributed by atoms with Gasteiger partial charge in [-0.1, -0.05) is 69.2 Å². The Morgan fingerprint density at radius 1 is 0.493 bits per heavy atom. The van der Waals surface area contributed by atoms with Crippen LogP contribution in [0.2, 0.25) is 0 Å². The number of aliphatic hydroxyl groups is 2. The Morgan fingerprint density at radius 3 is 1.18 bits per heavy atom. The summed E-state index contributed by atoms with van der Waals surface area (Å²) < 4.78 is 0. The van der Waals surface area contributed by atoms with E-state index in [2.05, 4.69) is 52.5 Å². The van der Waals surface area contributed by atoms with Crippen molar-refractivity contribution in [2.45, 2.75) is 163 Å². The summed E-state index contributed by atoms with van der Waals surface area (Å²) in [6, 6.07) is -11.7. The number of aliphatic hydroxyl groups excluding tert-OH is 2. The van der Waals surface area contributed by atoms with Gasteiger partial charge >= 0.3 is 5.97 Å². The van der Waals surface area contributed by atoms with Gasteiger partial charge in [0.25, 0.3) is 0 Å². The highest BCUT2D eigenvalue weighted by molar-refractivity contribution is 5.98. The van der Waals surface area contributed by atoms with Crippen LogP contribution < -0.4 is 48.3 Å².